The zero-order chi connectivity index (χ0) is 17.1. The van der Waals surface area contributed by atoms with Gasteiger partial charge in [0, 0.05) is 5.69 Å². The summed E-state index contributed by atoms with van der Waals surface area (Å²) in [6, 6.07) is 16.0. The summed E-state index contributed by atoms with van der Waals surface area (Å²) < 4.78 is 1.18. The fourth-order valence-electron chi connectivity index (χ4n) is 2.46. The van der Waals surface area contributed by atoms with Crippen molar-refractivity contribution in [1.29, 1.82) is 0 Å². The molecule has 0 bridgehead atoms. The van der Waals surface area contributed by atoms with Crippen molar-refractivity contribution >= 4 is 33.1 Å². The molecule has 0 fully saturated rings. The van der Waals surface area contributed by atoms with Crippen LogP contribution >= 0.6 is 11.3 Å². The van der Waals surface area contributed by atoms with Crippen molar-refractivity contribution in [2.75, 3.05) is 18.9 Å². The van der Waals surface area contributed by atoms with Gasteiger partial charge in [-0.2, -0.15) is 0 Å². The van der Waals surface area contributed by atoms with Gasteiger partial charge in [0.15, 0.2) is 0 Å². The van der Waals surface area contributed by atoms with Crippen molar-refractivity contribution in [2.45, 2.75) is 19.9 Å². The summed E-state index contributed by atoms with van der Waals surface area (Å²) in [6.45, 7) is 4.43. The lowest BCUT2D eigenvalue weighted by Gasteiger charge is -2.22. The lowest BCUT2D eigenvalue weighted by atomic mass is 10.2. The number of nitrogens with one attached hydrogen (secondary N) is 1. The first-order valence-electron chi connectivity index (χ1n) is 7.95. The maximum atomic E-state index is 12.2. The van der Waals surface area contributed by atoms with Gasteiger partial charge in [0.2, 0.25) is 5.91 Å². The molecule has 0 aliphatic carbocycles. The number of nitrogens with zero attached hydrogens (tertiary/aromatic N) is 2. The van der Waals surface area contributed by atoms with Crippen molar-refractivity contribution in [3.8, 4) is 0 Å². The largest absolute Gasteiger partial charge is 0.325 e. The van der Waals surface area contributed by atoms with Gasteiger partial charge in [-0.25, -0.2) is 4.98 Å². The van der Waals surface area contributed by atoms with Crippen LogP contribution in [-0.4, -0.2) is 29.4 Å². The Labute approximate surface area is 146 Å². The molecular weight excluding hydrogens is 318 g/mol. The quantitative estimate of drug-likeness (QED) is 0.756. The maximum Gasteiger partial charge on any atom is 0.238 e. The number of likely N-dealkylation sites (N-methyl/N-ethyl adjacent to an activating group) is 1. The van der Waals surface area contributed by atoms with E-state index in [0.717, 1.165) is 16.2 Å². The number of anilines is 1. The molecule has 1 atom stereocenters. The van der Waals surface area contributed by atoms with E-state index < -0.39 is 0 Å². The van der Waals surface area contributed by atoms with Crippen molar-refractivity contribution in [2.24, 2.45) is 0 Å². The molecule has 1 heterocycles. The van der Waals surface area contributed by atoms with Gasteiger partial charge < -0.3 is 5.32 Å². The number of amides is 1. The summed E-state index contributed by atoms with van der Waals surface area (Å²) in [4.78, 5) is 18.9. The van der Waals surface area contributed by atoms with Crippen LogP contribution < -0.4 is 5.32 Å². The Morgan fingerprint density at radius 2 is 1.92 bits per heavy atom. The van der Waals surface area contributed by atoms with E-state index >= 15 is 0 Å². The number of aromatic nitrogens is 1. The molecule has 3 rings (SSSR count). The smallest absolute Gasteiger partial charge is 0.238 e. The third kappa shape index (κ3) is 3.80. The zero-order valence-corrected chi connectivity index (χ0v) is 14.9. The third-order valence-electron chi connectivity index (χ3n) is 4.06. The summed E-state index contributed by atoms with van der Waals surface area (Å²) >= 11 is 1.68. The summed E-state index contributed by atoms with van der Waals surface area (Å²) in [5.74, 6) is -0.0192. The topological polar surface area (TPSA) is 45.2 Å². The van der Waals surface area contributed by atoms with Gasteiger partial charge in [-0.15, -0.1) is 11.3 Å². The molecule has 1 unspecified atom stereocenters. The minimum atomic E-state index is -0.0192. The molecule has 0 aliphatic rings. The van der Waals surface area contributed by atoms with Crippen LogP contribution in [0.5, 0.6) is 0 Å². The molecule has 2 aromatic carbocycles. The monoisotopic (exact) mass is 339 g/mol. The standard InChI is InChI=1S/C19H21N3OS/c1-13-8-10-15(11-9-13)20-18(23)12-22(3)14(2)19-21-16-6-4-5-7-17(16)24-19/h4-11,14H,12H2,1-3H3,(H,20,23). The number of carbonyl (C=O) groups excluding carboxylic acids is 1. The van der Waals surface area contributed by atoms with Crippen LogP contribution in [0, 0.1) is 6.92 Å². The molecule has 0 saturated carbocycles. The van der Waals surface area contributed by atoms with Crippen LogP contribution in [0.3, 0.4) is 0 Å². The van der Waals surface area contributed by atoms with E-state index in [1.807, 2.05) is 61.3 Å². The molecule has 124 valence electrons. The van der Waals surface area contributed by atoms with Gasteiger partial charge in [-0.1, -0.05) is 29.8 Å². The normalized spacial score (nSPS) is 12.5. The van der Waals surface area contributed by atoms with E-state index in [9.17, 15) is 4.79 Å². The Hall–Kier alpha value is -2.24. The first kappa shape index (κ1) is 16.6. The predicted molar refractivity (Wildman–Crippen MR) is 100 cm³/mol. The van der Waals surface area contributed by atoms with Gasteiger partial charge in [0.1, 0.15) is 5.01 Å². The second kappa shape index (κ2) is 7.11. The number of aryl methyl sites for hydroxylation is 1. The second-order valence-electron chi connectivity index (χ2n) is 6.03. The van der Waals surface area contributed by atoms with E-state index in [1.54, 1.807) is 11.3 Å². The third-order valence-corrected chi connectivity index (χ3v) is 5.26. The summed E-state index contributed by atoms with van der Waals surface area (Å²) in [5, 5.41) is 3.96. The fraction of sp³-hybridized carbons (Fsp3) is 0.263. The molecular formula is C19H21N3OS. The molecule has 1 amide bonds. The highest BCUT2D eigenvalue weighted by atomic mass is 32.1. The van der Waals surface area contributed by atoms with Crippen LogP contribution in [0.15, 0.2) is 48.5 Å². The highest BCUT2D eigenvalue weighted by Gasteiger charge is 2.18. The van der Waals surface area contributed by atoms with Crippen molar-refractivity contribution in [3.63, 3.8) is 0 Å². The average Bonchev–Trinajstić information content (AvgIpc) is 3.00. The Bertz CT molecular complexity index is 808. The minimum Gasteiger partial charge on any atom is -0.325 e. The van der Waals surface area contributed by atoms with Crippen LogP contribution in [0.2, 0.25) is 0 Å². The van der Waals surface area contributed by atoms with Crippen LogP contribution in [-0.2, 0) is 4.79 Å². The number of hydrogen-bond acceptors (Lipinski definition) is 4. The SMILES string of the molecule is Cc1ccc(NC(=O)CN(C)C(C)c2nc3ccccc3s2)cc1. The van der Waals surface area contributed by atoms with Gasteiger partial charge >= 0.3 is 0 Å². The fourth-order valence-corrected chi connectivity index (χ4v) is 3.54. The van der Waals surface area contributed by atoms with E-state index in [4.69, 9.17) is 0 Å². The molecule has 0 radical (unpaired) electrons. The summed E-state index contributed by atoms with van der Waals surface area (Å²) in [7, 11) is 1.95. The van der Waals surface area contributed by atoms with E-state index in [-0.39, 0.29) is 11.9 Å². The molecule has 24 heavy (non-hydrogen) atoms. The van der Waals surface area contributed by atoms with Crippen LogP contribution in [0.25, 0.3) is 10.2 Å². The van der Waals surface area contributed by atoms with Crippen LogP contribution in [0.4, 0.5) is 5.69 Å². The van der Waals surface area contributed by atoms with E-state index in [0.29, 0.717) is 6.54 Å². The Balaban J connectivity index is 1.63. The number of fused-ring (bicyclic) bond motifs is 1. The average molecular weight is 339 g/mol. The highest BCUT2D eigenvalue weighted by molar-refractivity contribution is 7.18. The Morgan fingerprint density at radius 1 is 1.21 bits per heavy atom. The predicted octanol–water partition coefficient (Wildman–Crippen LogP) is 4.24. The minimum absolute atomic E-state index is 0.0192. The van der Waals surface area contributed by atoms with Gasteiger partial charge in [-0.3, -0.25) is 9.69 Å². The van der Waals surface area contributed by atoms with E-state index in [1.165, 1.54) is 10.3 Å². The molecule has 5 heteroatoms. The summed E-state index contributed by atoms with van der Waals surface area (Å²) in [5.41, 5.74) is 3.02. The van der Waals surface area contributed by atoms with Gasteiger partial charge in [0.25, 0.3) is 0 Å². The van der Waals surface area contributed by atoms with Gasteiger partial charge in [-0.05, 0) is 45.2 Å². The van der Waals surface area contributed by atoms with Crippen molar-refractivity contribution in [3.05, 3.63) is 59.1 Å². The lowest BCUT2D eigenvalue weighted by molar-refractivity contribution is -0.117. The number of para-hydroxylation sites is 1. The van der Waals surface area contributed by atoms with Crippen LogP contribution in [0.1, 0.15) is 23.5 Å². The highest BCUT2D eigenvalue weighted by Crippen LogP contribution is 2.28. The number of hydrogen-bond donors (Lipinski definition) is 1. The van der Waals surface area contributed by atoms with Crippen molar-refractivity contribution in [1.82, 2.24) is 9.88 Å². The maximum absolute atomic E-state index is 12.2. The summed E-state index contributed by atoms with van der Waals surface area (Å²) in [6.07, 6.45) is 0. The van der Waals surface area contributed by atoms with Gasteiger partial charge in [0.05, 0.1) is 22.8 Å². The molecule has 4 nitrogen and oxygen atoms in total. The van der Waals surface area contributed by atoms with E-state index in [2.05, 4.69) is 23.3 Å². The first-order valence-corrected chi connectivity index (χ1v) is 8.77. The molecule has 0 spiro atoms. The number of rotatable bonds is 5. The lowest BCUT2D eigenvalue weighted by Crippen LogP contribution is -2.32. The number of thiazole rings is 1. The number of carbonyl (C=O) groups is 1. The second-order valence-corrected chi connectivity index (χ2v) is 7.09. The molecule has 0 saturated heterocycles. The Kier molecular flexibility index (Phi) is 4.92. The van der Waals surface area contributed by atoms with Crippen molar-refractivity contribution < 1.29 is 4.79 Å². The molecule has 1 N–H and O–H groups in total. The zero-order valence-electron chi connectivity index (χ0n) is 14.1. The molecule has 0 aliphatic heterocycles. The first-order chi connectivity index (χ1) is 11.5. The molecule has 3 aromatic rings. The molecule has 1 aromatic heterocycles. The number of benzene rings is 2. The Morgan fingerprint density at radius 3 is 2.62 bits per heavy atom.